The lowest BCUT2D eigenvalue weighted by molar-refractivity contribution is -0.150. The SMILES string of the molecule is C=C(C)COC(=O)/C(=C/c1ccc(Nc2nc(Nc3ccc(C=C(C(=O)OCC(C)(C)C)C(=O)OCC(C)(C)C)cc3)nc(Nc3ccc(C(=O)OCCCC)cc3)n2)cc1)C(=O)OCC(C)(C)C. The molecule has 1 heterocycles. The summed E-state index contributed by atoms with van der Waals surface area (Å²) < 4.78 is 27.1. The summed E-state index contributed by atoms with van der Waals surface area (Å²) >= 11 is 0. The van der Waals surface area contributed by atoms with Crippen LogP contribution in [0.2, 0.25) is 0 Å². The van der Waals surface area contributed by atoms with Gasteiger partial charge in [0.2, 0.25) is 17.8 Å². The molecule has 0 bridgehead atoms. The van der Waals surface area contributed by atoms with Gasteiger partial charge < -0.3 is 39.6 Å². The van der Waals surface area contributed by atoms with E-state index < -0.39 is 29.8 Å². The highest BCUT2D eigenvalue weighted by Gasteiger charge is 2.26. The molecular formula is C53H66N6O10. The molecule has 3 aromatic carbocycles. The first-order valence-electron chi connectivity index (χ1n) is 22.7. The van der Waals surface area contributed by atoms with E-state index in [0.717, 1.165) is 12.8 Å². The summed E-state index contributed by atoms with van der Waals surface area (Å²) in [6, 6.07) is 20.3. The highest BCUT2D eigenvalue weighted by Crippen LogP contribution is 2.25. The number of rotatable bonds is 21. The van der Waals surface area contributed by atoms with Crippen LogP contribution in [-0.2, 0) is 42.9 Å². The smallest absolute Gasteiger partial charge is 0.345 e. The Bertz CT molecular complexity index is 2460. The molecule has 0 radical (unpaired) electrons. The van der Waals surface area contributed by atoms with Gasteiger partial charge in [0.05, 0.1) is 32.0 Å². The van der Waals surface area contributed by atoms with Crippen molar-refractivity contribution in [3.63, 3.8) is 0 Å². The average molecular weight is 947 g/mol. The zero-order valence-corrected chi connectivity index (χ0v) is 41.7. The lowest BCUT2D eigenvalue weighted by Crippen LogP contribution is -2.25. The van der Waals surface area contributed by atoms with Gasteiger partial charge in [0.1, 0.15) is 17.8 Å². The van der Waals surface area contributed by atoms with Gasteiger partial charge in [-0.05, 0) is 107 Å². The maximum Gasteiger partial charge on any atom is 0.345 e. The number of nitrogens with zero attached hydrogens (tertiary/aromatic N) is 3. The second-order valence-electron chi connectivity index (χ2n) is 20.1. The van der Waals surface area contributed by atoms with Crippen molar-refractivity contribution in [2.24, 2.45) is 16.2 Å². The van der Waals surface area contributed by atoms with Gasteiger partial charge in [-0.1, -0.05) is 107 Å². The summed E-state index contributed by atoms with van der Waals surface area (Å²) in [6.07, 6.45) is 4.50. The molecule has 0 amide bonds. The van der Waals surface area contributed by atoms with Crippen LogP contribution in [0.3, 0.4) is 0 Å². The third-order valence-electron chi connectivity index (χ3n) is 8.94. The minimum atomic E-state index is -0.839. The van der Waals surface area contributed by atoms with Crippen LogP contribution in [0.15, 0.2) is 96.1 Å². The minimum absolute atomic E-state index is 0.0558. The van der Waals surface area contributed by atoms with Crippen molar-refractivity contribution in [3.8, 4) is 0 Å². The van der Waals surface area contributed by atoms with Crippen LogP contribution in [0, 0.1) is 16.2 Å². The molecule has 0 atom stereocenters. The van der Waals surface area contributed by atoms with Crippen LogP contribution >= 0.6 is 0 Å². The molecular weight excluding hydrogens is 881 g/mol. The Morgan fingerprint density at radius 1 is 0.522 bits per heavy atom. The first kappa shape index (κ1) is 54.2. The molecule has 0 fully saturated rings. The Kier molecular flexibility index (Phi) is 19.3. The van der Waals surface area contributed by atoms with Crippen molar-refractivity contribution < 1.29 is 47.7 Å². The highest BCUT2D eigenvalue weighted by atomic mass is 16.6. The van der Waals surface area contributed by atoms with Crippen LogP contribution in [0.1, 0.15) is 110 Å². The molecule has 16 heteroatoms. The van der Waals surface area contributed by atoms with Gasteiger partial charge in [-0.2, -0.15) is 15.0 Å². The van der Waals surface area contributed by atoms with E-state index in [9.17, 15) is 24.0 Å². The Morgan fingerprint density at radius 2 is 0.855 bits per heavy atom. The summed E-state index contributed by atoms with van der Waals surface area (Å²) in [4.78, 5) is 78.8. The first-order chi connectivity index (χ1) is 32.4. The van der Waals surface area contributed by atoms with Crippen molar-refractivity contribution in [1.29, 1.82) is 0 Å². The fourth-order valence-corrected chi connectivity index (χ4v) is 5.42. The summed E-state index contributed by atoms with van der Waals surface area (Å²) in [6.45, 7) is 25.3. The Morgan fingerprint density at radius 3 is 1.17 bits per heavy atom. The molecule has 0 aliphatic heterocycles. The fraction of sp³-hybridized carbons (Fsp3) is 0.396. The molecule has 1 aromatic heterocycles. The third-order valence-corrected chi connectivity index (χ3v) is 8.94. The quantitative estimate of drug-likeness (QED) is 0.0135. The number of aromatic nitrogens is 3. The predicted octanol–water partition coefficient (Wildman–Crippen LogP) is 10.7. The number of carbonyl (C=O) groups excluding carboxylic acids is 5. The van der Waals surface area contributed by atoms with E-state index in [4.69, 9.17) is 23.7 Å². The van der Waals surface area contributed by atoms with Crippen LogP contribution in [0.4, 0.5) is 34.9 Å². The van der Waals surface area contributed by atoms with Crippen molar-refractivity contribution in [1.82, 2.24) is 15.0 Å². The molecule has 0 unspecified atom stereocenters. The zero-order chi connectivity index (χ0) is 50.9. The number of unbranched alkanes of at least 4 members (excludes halogenated alkanes) is 1. The number of ether oxygens (including phenoxy) is 5. The van der Waals surface area contributed by atoms with Gasteiger partial charge >= 0.3 is 29.8 Å². The first-order valence-corrected chi connectivity index (χ1v) is 22.7. The molecule has 0 saturated carbocycles. The molecule has 368 valence electrons. The van der Waals surface area contributed by atoms with Gasteiger partial charge in [-0.25, -0.2) is 24.0 Å². The molecule has 3 N–H and O–H groups in total. The normalized spacial score (nSPS) is 11.7. The lowest BCUT2D eigenvalue weighted by atomic mass is 9.98. The van der Waals surface area contributed by atoms with E-state index >= 15 is 0 Å². The van der Waals surface area contributed by atoms with Crippen LogP contribution in [0.25, 0.3) is 12.2 Å². The number of nitrogens with one attached hydrogen (secondary N) is 3. The molecule has 0 spiro atoms. The van der Waals surface area contributed by atoms with Crippen molar-refractivity contribution >= 4 is 76.9 Å². The molecule has 16 nitrogen and oxygen atoms in total. The van der Waals surface area contributed by atoms with Gasteiger partial charge in [0.25, 0.3) is 0 Å². The van der Waals surface area contributed by atoms with E-state index in [2.05, 4.69) is 37.5 Å². The average Bonchev–Trinajstić information content (AvgIpc) is 3.27. The van der Waals surface area contributed by atoms with E-state index in [-0.39, 0.29) is 71.7 Å². The summed E-state index contributed by atoms with van der Waals surface area (Å²) in [7, 11) is 0. The van der Waals surface area contributed by atoms with Crippen molar-refractivity contribution in [2.75, 3.05) is 49.0 Å². The van der Waals surface area contributed by atoms with Gasteiger partial charge in [0, 0.05) is 17.1 Å². The van der Waals surface area contributed by atoms with E-state index in [1.54, 1.807) is 79.7 Å². The van der Waals surface area contributed by atoms with Gasteiger partial charge in [-0.3, -0.25) is 0 Å². The number of hydrogen-bond acceptors (Lipinski definition) is 16. The summed E-state index contributed by atoms with van der Waals surface area (Å²) in [5.74, 6) is -3.23. The maximum absolute atomic E-state index is 13.2. The van der Waals surface area contributed by atoms with Crippen molar-refractivity contribution in [3.05, 3.63) is 113 Å². The number of carbonyl (C=O) groups is 5. The van der Waals surface area contributed by atoms with E-state index in [0.29, 0.717) is 45.9 Å². The summed E-state index contributed by atoms with van der Waals surface area (Å²) in [5.41, 5.74) is 2.26. The second kappa shape index (κ2) is 24.6. The minimum Gasteiger partial charge on any atom is -0.462 e. The molecule has 4 rings (SSSR count). The summed E-state index contributed by atoms with van der Waals surface area (Å²) in [5, 5.41) is 9.53. The van der Waals surface area contributed by atoms with Crippen LogP contribution in [0.5, 0.6) is 0 Å². The Balaban J connectivity index is 1.65. The van der Waals surface area contributed by atoms with Crippen LogP contribution < -0.4 is 16.0 Å². The number of anilines is 6. The number of hydrogen-bond donors (Lipinski definition) is 3. The molecule has 0 saturated heterocycles. The highest BCUT2D eigenvalue weighted by molar-refractivity contribution is 6.18. The van der Waals surface area contributed by atoms with Gasteiger partial charge in [0.15, 0.2) is 0 Å². The van der Waals surface area contributed by atoms with E-state index in [1.165, 1.54) is 12.2 Å². The number of benzene rings is 3. The maximum atomic E-state index is 13.2. The Labute approximate surface area is 405 Å². The zero-order valence-electron chi connectivity index (χ0n) is 41.7. The predicted molar refractivity (Wildman–Crippen MR) is 267 cm³/mol. The molecule has 0 aliphatic carbocycles. The van der Waals surface area contributed by atoms with Gasteiger partial charge in [-0.15, -0.1) is 0 Å². The van der Waals surface area contributed by atoms with Crippen LogP contribution in [-0.4, -0.2) is 77.8 Å². The molecule has 4 aromatic rings. The topological polar surface area (TPSA) is 206 Å². The fourth-order valence-electron chi connectivity index (χ4n) is 5.42. The Hall–Kier alpha value is -7.36. The standard InChI is InChI=1S/C53H66N6O10/c1-13-14-27-65-43(60)37-19-25-40(26-20-37)56-50-58-48(54-38-21-15-35(16-22-38)28-41(44(61)66-30-34(2)3)45(62)67-31-51(4,5)6)57-49(59-50)55-39-23-17-36(18-24-39)29-42(46(63)68-32-52(7,8)9)47(64)69-33-53(10,11)12/h15-26,28-29H,2,13-14,27,30-33H2,1,3-12H3,(H3,54,55,56,57,58,59)/b41-28-. The largest absolute Gasteiger partial charge is 0.462 e. The van der Waals surface area contributed by atoms with Crippen molar-refractivity contribution in [2.45, 2.75) is 89.0 Å². The molecule has 0 aliphatic rings. The monoisotopic (exact) mass is 946 g/mol. The molecule has 69 heavy (non-hydrogen) atoms. The van der Waals surface area contributed by atoms with E-state index in [1.807, 2.05) is 69.2 Å². The lowest BCUT2D eigenvalue weighted by Gasteiger charge is -2.20. The second-order valence-corrected chi connectivity index (χ2v) is 20.1. The third kappa shape index (κ3) is 19.8. The number of esters is 5.